The van der Waals surface area contributed by atoms with Gasteiger partial charge < -0.3 is 10.2 Å². The third-order valence-corrected chi connectivity index (χ3v) is 5.54. The summed E-state index contributed by atoms with van der Waals surface area (Å²) in [4.78, 5) is 27.3. The summed E-state index contributed by atoms with van der Waals surface area (Å²) in [6.45, 7) is 6.03. The largest absolute Gasteiger partial charge is 0.353 e. The molecule has 0 bridgehead atoms. The lowest BCUT2D eigenvalue weighted by Gasteiger charge is -2.11. The number of carbonyl (C=O) groups excluding carboxylic acids is 1. The Morgan fingerprint density at radius 2 is 2.18 bits per heavy atom. The molecule has 8 heteroatoms. The third-order valence-electron chi connectivity index (χ3n) is 3.31. The zero-order chi connectivity index (χ0) is 15.5. The van der Waals surface area contributed by atoms with E-state index in [1.165, 1.54) is 30.9 Å². The predicted octanol–water partition coefficient (Wildman–Crippen LogP) is 2.30. The van der Waals surface area contributed by atoms with Crippen molar-refractivity contribution in [2.75, 3.05) is 23.7 Å². The van der Waals surface area contributed by atoms with Gasteiger partial charge in [-0.3, -0.25) is 4.79 Å². The van der Waals surface area contributed by atoms with E-state index < -0.39 is 0 Å². The number of rotatable bonds is 5. The van der Waals surface area contributed by atoms with Gasteiger partial charge in [0.2, 0.25) is 5.91 Å². The minimum atomic E-state index is 0.0241. The standard InChI is InChI=1S/C14H19N5OS2/c1-9(2)17-10(20)7-21-13-11-12(15-8-16-13)18-14(22-11)19-5-3-4-6-19/h8-9H,3-7H2,1-2H3,(H,17,20). The molecule has 1 aliphatic heterocycles. The first-order valence-electron chi connectivity index (χ1n) is 7.42. The molecule has 22 heavy (non-hydrogen) atoms. The van der Waals surface area contributed by atoms with Gasteiger partial charge in [0.05, 0.1) is 5.75 Å². The second-order valence-electron chi connectivity index (χ2n) is 5.53. The molecule has 1 N–H and O–H groups in total. The van der Waals surface area contributed by atoms with Crippen LogP contribution in [0.25, 0.3) is 10.3 Å². The van der Waals surface area contributed by atoms with Crippen LogP contribution >= 0.6 is 23.1 Å². The Balaban J connectivity index is 1.76. The van der Waals surface area contributed by atoms with Crippen molar-refractivity contribution >= 4 is 44.5 Å². The molecule has 0 unspecified atom stereocenters. The lowest BCUT2D eigenvalue weighted by Crippen LogP contribution is -2.31. The number of hydrogen-bond donors (Lipinski definition) is 1. The fourth-order valence-electron chi connectivity index (χ4n) is 2.37. The van der Waals surface area contributed by atoms with E-state index >= 15 is 0 Å². The van der Waals surface area contributed by atoms with E-state index in [9.17, 15) is 4.79 Å². The van der Waals surface area contributed by atoms with Gasteiger partial charge in [-0.2, -0.15) is 4.98 Å². The van der Waals surface area contributed by atoms with Crippen molar-refractivity contribution in [2.24, 2.45) is 0 Å². The quantitative estimate of drug-likeness (QED) is 0.667. The molecular formula is C14H19N5OS2. The van der Waals surface area contributed by atoms with Crippen LogP contribution in [0.4, 0.5) is 5.13 Å². The van der Waals surface area contributed by atoms with E-state index in [1.807, 2.05) is 13.8 Å². The van der Waals surface area contributed by atoms with Crippen LogP contribution < -0.4 is 10.2 Å². The summed E-state index contributed by atoms with van der Waals surface area (Å²) in [5.74, 6) is 0.386. The van der Waals surface area contributed by atoms with Crippen LogP contribution in [0, 0.1) is 0 Å². The Labute approximate surface area is 137 Å². The molecule has 0 spiro atoms. The van der Waals surface area contributed by atoms with Crippen molar-refractivity contribution in [1.82, 2.24) is 20.3 Å². The molecular weight excluding hydrogens is 318 g/mol. The highest BCUT2D eigenvalue weighted by Gasteiger charge is 2.19. The molecule has 0 radical (unpaired) electrons. The van der Waals surface area contributed by atoms with E-state index in [2.05, 4.69) is 25.2 Å². The number of nitrogens with zero attached hydrogens (tertiary/aromatic N) is 4. The van der Waals surface area contributed by atoms with Crippen molar-refractivity contribution in [3.63, 3.8) is 0 Å². The minimum absolute atomic E-state index is 0.0241. The number of hydrogen-bond acceptors (Lipinski definition) is 7. The summed E-state index contributed by atoms with van der Waals surface area (Å²) < 4.78 is 0.978. The normalized spacial score (nSPS) is 15.0. The van der Waals surface area contributed by atoms with Crippen LogP contribution in [-0.4, -0.2) is 45.7 Å². The van der Waals surface area contributed by atoms with Crippen LogP contribution in [-0.2, 0) is 4.79 Å². The molecule has 1 fully saturated rings. The molecule has 0 saturated carbocycles. The molecule has 118 valence electrons. The summed E-state index contributed by atoms with van der Waals surface area (Å²) in [6, 6.07) is 0.156. The topological polar surface area (TPSA) is 71.0 Å². The first-order chi connectivity index (χ1) is 10.6. The zero-order valence-electron chi connectivity index (χ0n) is 12.7. The van der Waals surface area contributed by atoms with Gasteiger partial charge in [0, 0.05) is 19.1 Å². The Bertz CT molecular complexity index is 666. The first kappa shape index (κ1) is 15.5. The highest BCUT2D eigenvalue weighted by molar-refractivity contribution is 8.00. The van der Waals surface area contributed by atoms with E-state index in [0.29, 0.717) is 5.75 Å². The van der Waals surface area contributed by atoms with Gasteiger partial charge in [-0.15, -0.1) is 0 Å². The first-order valence-corrected chi connectivity index (χ1v) is 9.22. The van der Waals surface area contributed by atoms with Crippen LogP contribution in [0.1, 0.15) is 26.7 Å². The molecule has 0 aliphatic carbocycles. The highest BCUT2D eigenvalue weighted by Crippen LogP contribution is 2.34. The average Bonchev–Trinajstić information content (AvgIpc) is 3.12. The van der Waals surface area contributed by atoms with Gasteiger partial charge in [-0.05, 0) is 26.7 Å². The summed E-state index contributed by atoms with van der Waals surface area (Å²) in [7, 11) is 0. The van der Waals surface area contributed by atoms with Gasteiger partial charge >= 0.3 is 0 Å². The van der Waals surface area contributed by atoms with Crippen LogP contribution in [0.5, 0.6) is 0 Å². The maximum absolute atomic E-state index is 11.8. The SMILES string of the molecule is CC(C)NC(=O)CSc1ncnc2nc(N3CCCC3)sc12. The fraction of sp³-hybridized carbons (Fsp3) is 0.571. The van der Waals surface area contributed by atoms with Crippen LogP contribution in [0.15, 0.2) is 11.4 Å². The Morgan fingerprint density at radius 1 is 1.41 bits per heavy atom. The second-order valence-corrected chi connectivity index (χ2v) is 7.47. The lowest BCUT2D eigenvalue weighted by molar-refractivity contribution is -0.119. The van der Waals surface area contributed by atoms with Crippen molar-refractivity contribution in [3.8, 4) is 0 Å². The van der Waals surface area contributed by atoms with Crippen molar-refractivity contribution in [2.45, 2.75) is 37.8 Å². The number of anilines is 1. The fourth-order valence-corrected chi connectivity index (χ4v) is 4.32. The maximum atomic E-state index is 11.8. The smallest absolute Gasteiger partial charge is 0.230 e. The molecule has 0 aromatic carbocycles. The van der Waals surface area contributed by atoms with Gasteiger partial charge in [-0.1, -0.05) is 23.1 Å². The molecule has 1 saturated heterocycles. The Morgan fingerprint density at radius 3 is 2.91 bits per heavy atom. The number of thioether (sulfide) groups is 1. The monoisotopic (exact) mass is 337 g/mol. The number of amides is 1. The molecule has 3 rings (SSSR count). The van der Waals surface area contributed by atoms with Gasteiger partial charge in [0.1, 0.15) is 16.1 Å². The predicted molar refractivity (Wildman–Crippen MR) is 90.7 cm³/mol. The molecule has 2 aromatic heterocycles. The number of aromatic nitrogens is 3. The van der Waals surface area contributed by atoms with Crippen molar-refractivity contribution < 1.29 is 4.79 Å². The second kappa shape index (κ2) is 6.78. The van der Waals surface area contributed by atoms with Gasteiger partial charge in [0.25, 0.3) is 0 Å². The molecule has 3 heterocycles. The molecule has 0 atom stereocenters. The minimum Gasteiger partial charge on any atom is -0.353 e. The van der Waals surface area contributed by atoms with E-state index in [1.54, 1.807) is 11.3 Å². The Hall–Kier alpha value is -1.41. The van der Waals surface area contributed by atoms with Crippen LogP contribution in [0.2, 0.25) is 0 Å². The maximum Gasteiger partial charge on any atom is 0.230 e. The number of thiazole rings is 1. The van der Waals surface area contributed by atoms with E-state index in [4.69, 9.17) is 0 Å². The molecule has 2 aromatic rings. The van der Waals surface area contributed by atoms with E-state index in [0.717, 1.165) is 33.6 Å². The van der Waals surface area contributed by atoms with Gasteiger partial charge in [-0.25, -0.2) is 9.97 Å². The van der Waals surface area contributed by atoms with Crippen LogP contribution in [0.3, 0.4) is 0 Å². The molecule has 1 aliphatic rings. The van der Waals surface area contributed by atoms with Gasteiger partial charge in [0.15, 0.2) is 10.8 Å². The Kier molecular flexibility index (Phi) is 4.77. The van der Waals surface area contributed by atoms with Crippen molar-refractivity contribution in [1.29, 1.82) is 0 Å². The summed E-state index contributed by atoms with van der Waals surface area (Å²) in [6.07, 6.45) is 3.97. The third kappa shape index (κ3) is 3.49. The summed E-state index contributed by atoms with van der Waals surface area (Å²) in [5.41, 5.74) is 0.730. The molecule has 1 amide bonds. The van der Waals surface area contributed by atoms with E-state index in [-0.39, 0.29) is 11.9 Å². The van der Waals surface area contributed by atoms with Crippen molar-refractivity contribution in [3.05, 3.63) is 6.33 Å². The number of nitrogens with one attached hydrogen (secondary N) is 1. The number of carbonyl (C=O) groups is 1. The average molecular weight is 337 g/mol. The summed E-state index contributed by atoms with van der Waals surface area (Å²) in [5, 5.41) is 4.74. The molecule has 6 nitrogen and oxygen atoms in total. The lowest BCUT2D eigenvalue weighted by atomic mass is 10.4. The number of fused-ring (bicyclic) bond motifs is 1. The highest BCUT2D eigenvalue weighted by atomic mass is 32.2. The summed E-state index contributed by atoms with van der Waals surface area (Å²) >= 11 is 3.07. The zero-order valence-corrected chi connectivity index (χ0v) is 14.3.